The van der Waals surface area contributed by atoms with Gasteiger partial charge in [0.15, 0.2) is 5.78 Å². The van der Waals surface area contributed by atoms with Crippen LogP contribution in [0.2, 0.25) is 0 Å². The first-order valence-electron chi connectivity index (χ1n) is 9.60. The molecule has 27 heavy (non-hydrogen) atoms. The lowest BCUT2D eigenvalue weighted by Crippen LogP contribution is -2.29. The number of ketones is 1. The number of benzene rings is 2. The molecule has 2 bridgehead atoms. The molecule has 2 aromatic rings. The highest BCUT2D eigenvalue weighted by atomic mass is 19.1. The molecule has 2 aliphatic heterocycles. The second kappa shape index (κ2) is 6.03. The number of ether oxygens (including phenoxy) is 1. The van der Waals surface area contributed by atoms with Crippen molar-refractivity contribution in [2.45, 2.75) is 38.4 Å². The Morgan fingerprint density at radius 1 is 1.04 bits per heavy atom. The summed E-state index contributed by atoms with van der Waals surface area (Å²) in [5.41, 5.74) is 4.22. The third-order valence-corrected chi connectivity index (χ3v) is 6.33. The van der Waals surface area contributed by atoms with Gasteiger partial charge in [0.25, 0.3) is 0 Å². The Morgan fingerprint density at radius 3 is 2.37 bits per heavy atom. The lowest BCUT2D eigenvalue weighted by molar-refractivity contribution is -0.118. The first kappa shape index (κ1) is 16.7. The Kier molecular flexibility index (Phi) is 3.73. The zero-order valence-corrected chi connectivity index (χ0v) is 15.1. The summed E-state index contributed by atoms with van der Waals surface area (Å²) in [5.74, 6) is -0.426. The minimum absolute atomic E-state index is 0.0222. The van der Waals surface area contributed by atoms with Crippen LogP contribution in [0.5, 0.6) is 0 Å². The van der Waals surface area contributed by atoms with Gasteiger partial charge in [-0.3, -0.25) is 4.79 Å². The highest BCUT2D eigenvalue weighted by molar-refractivity contribution is 6.25. The van der Waals surface area contributed by atoms with Crippen LogP contribution in [0.15, 0.2) is 48.2 Å². The van der Waals surface area contributed by atoms with Crippen molar-refractivity contribution in [1.29, 1.82) is 0 Å². The van der Waals surface area contributed by atoms with Crippen LogP contribution in [0.4, 0.5) is 4.39 Å². The van der Waals surface area contributed by atoms with E-state index in [1.54, 1.807) is 12.1 Å². The minimum Gasteiger partial charge on any atom is -0.511 e. The molecule has 3 nitrogen and oxygen atoms in total. The molecule has 2 saturated heterocycles. The topological polar surface area (TPSA) is 46.5 Å². The molecule has 2 aromatic carbocycles. The maximum Gasteiger partial charge on any atom is 0.173 e. The van der Waals surface area contributed by atoms with E-state index in [1.165, 1.54) is 12.1 Å². The molecular weight excluding hydrogens is 343 g/mol. The molecule has 1 N–H and O–H groups in total. The van der Waals surface area contributed by atoms with Crippen LogP contribution in [0.1, 0.15) is 30.9 Å². The molecule has 0 spiro atoms. The minimum atomic E-state index is -0.263. The maximum atomic E-state index is 13.2. The second-order valence-corrected chi connectivity index (χ2v) is 7.70. The number of rotatable bonds is 3. The summed E-state index contributed by atoms with van der Waals surface area (Å²) in [5, 5.41) is 10.9. The van der Waals surface area contributed by atoms with Crippen molar-refractivity contribution in [3.8, 4) is 11.1 Å². The van der Waals surface area contributed by atoms with Crippen LogP contribution in [0, 0.1) is 17.7 Å². The number of Topliss-reactive ketones (excluding diaryl/α,β-unsaturated/α-hetero) is 1. The van der Waals surface area contributed by atoms with E-state index in [2.05, 4.69) is 0 Å². The Morgan fingerprint density at radius 2 is 1.70 bits per heavy atom. The number of carbonyl (C=O) groups excluding carboxylic acids is 1. The standard InChI is InChI=1S/C23H21FO3/c1-2-12-11-14(13-3-6-15(24)7-4-13)5-8-16(12)19-22(25)20-17-9-10-18(27-17)21(20)23(19)26/h3-8,11,17-18,20-21,25H,2,9-10H2,1H3/t17?,18?,20-,21+/m1/s1. The second-order valence-electron chi connectivity index (χ2n) is 7.70. The molecular formula is C23H21FO3. The quantitative estimate of drug-likeness (QED) is 0.859. The van der Waals surface area contributed by atoms with E-state index in [1.807, 2.05) is 25.1 Å². The summed E-state index contributed by atoms with van der Waals surface area (Å²) in [6, 6.07) is 12.3. The first-order chi connectivity index (χ1) is 13.1. The van der Waals surface area contributed by atoms with E-state index in [9.17, 15) is 14.3 Å². The molecule has 2 heterocycles. The predicted molar refractivity (Wildman–Crippen MR) is 101 cm³/mol. The zero-order chi connectivity index (χ0) is 18.7. The summed E-state index contributed by atoms with van der Waals surface area (Å²) in [4.78, 5) is 13.1. The van der Waals surface area contributed by atoms with Crippen molar-refractivity contribution in [3.05, 3.63) is 65.2 Å². The lowest BCUT2D eigenvalue weighted by Gasteiger charge is -2.19. The van der Waals surface area contributed by atoms with Crippen molar-refractivity contribution >= 4 is 11.4 Å². The van der Waals surface area contributed by atoms with E-state index in [0.29, 0.717) is 5.57 Å². The van der Waals surface area contributed by atoms with Crippen LogP contribution in [0.3, 0.4) is 0 Å². The van der Waals surface area contributed by atoms with Gasteiger partial charge in [0.05, 0.1) is 29.6 Å². The summed E-state index contributed by atoms with van der Waals surface area (Å²) < 4.78 is 19.1. The van der Waals surface area contributed by atoms with Gasteiger partial charge in [0.2, 0.25) is 0 Å². The predicted octanol–water partition coefficient (Wildman–Crippen LogP) is 4.70. The van der Waals surface area contributed by atoms with Crippen molar-refractivity contribution in [1.82, 2.24) is 0 Å². The fraction of sp³-hybridized carbons (Fsp3) is 0.348. The molecule has 4 heteroatoms. The van der Waals surface area contributed by atoms with Gasteiger partial charge in [0.1, 0.15) is 11.6 Å². The van der Waals surface area contributed by atoms with Crippen molar-refractivity contribution < 1.29 is 19.0 Å². The van der Waals surface area contributed by atoms with Crippen LogP contribution in [0.25, 0.3) is 16.7 Å². The number of aryl methyl sites for hydroxylation is 1. The van der Waals surface area contributed by atoms with Gasteiger partial charge in [-0.05, 0) is 53.6 Å². The maximum absolute atomic E-state index is 13.2. The number of carbonyl (C=O) groups is 1. The summed E-state index contributed by atoms with van der Waals surface area (Å²) >= 11 is 0. The number of aliphatic hydroxyl groups excluding tert-OH is 1. The Labute approximate surface area is 157 Å². The number of aliphatic hydroxyl groups is 1. The van der Waals surface area contributed by atoms with Gasteiger partial charge < -0.3 is 9.84 Å². The number of allylic oxidation sites excluding steroid dienone is 1. The number of halogens is 1. The van der Waals surface area contributed by atoms with E-state index in [4.69, 9.17) is 4.74 Å². The first-order valence-corrected chi connectivity index (χ1v) is 9.60. The van der Waals surface area contributed by atoms with E-state index in [0.717, 1.165) is 41.5 Å². The van der Waals surface area contributed by atoms with Crippen LogP contribution < -0.4 is 0 Å². The number of hydrogen-bond acceptors (Lipinski definition) is 3. The molecule has 1 aliphatic carbocycles. The highest BCUT2D eigenvalue weighted by Crippen LogP contribution is 2.53. The van der Waals surface area contributed by atoms with Gasteiger partial charge in [0, 0.05) is 0 Å². The highest BCUT2D eigenvalue weighted by Gasteiger charge is 2.59. The van der Waals surface area contributed by atoms with Gasteiger partial charge in [-0.15, -0.1) is 0 Å². The molecule has 0 saturated carbocycles. The molecule has 2 unspecified atom stereocenters. The summed E-state index contributed by atoms with van der Waals surface area (Å²) in [7, 11) is 0. The van der Waals surface area contributed by atoms with E-state index in [-0.39, 0.29) is 41.4 Å². The van der Waals surface area contributed by atoms with Crippen LogP contribution >= 0.6 is 0 Å². The zero-order valence-electron chi connectivity index (χ0n) is 15.1. The summed E-state index contributed by atoms with van der Waals surface area (Å²) in [6.07, 6.45) is 2.50. The summed E-state index contributed by atoms with van der Waals surface area (Å²) in [6.45, 7) is 2.04. The fourth-order valence-corrected chi connectivity index (χ4v) is 5.04. The van der Waals surface area contributed by atoms with Crippen LogP contribution in [-0.4, -0.2) is 23.1 Å². The molecule has 3 aliphatic rings. The molecule has 0 aromatic heterocycles. The molecule has 4 atom stereocenters. The van der Waals surface area contributed by atoms with E-state index >= 15 is 0 Å². The van der Waals surface area contributed by atoms with Gasteiger partial charge in [-0.1, -0.05) is 37.3 Å². The molecule has 0 radical (unpaired) electrons. The number of fused-ring (bicyclic) bond motifs is 5. The lowest BCUT2D eigenvalue weighted by atomic mass is 9.80. The average Bonchev–Trinajstić information content (AvgIpc) is 3.36. The monoisotopic (exact) mass is 364 g/mol. The fourth-order valence-electron chi connectivity index (χ4n) is 5.04. The third-order valence-electron chi connectivity index (χ3n) is 6.33. The van der Waals surface area contributed by atoms with Crippen molar-refractivity contribution in [2.75, 3.05) is 0 Å². The molecule has 138 valence electrons. The van der Waals surface area contributed by atoms with Gasteiger partial charge >= 0.3 is 0 Å². The molecule has 5 rings (SSSR count). The van der Waals surface area contributed by atoms with Gasteiger partial charge in [-0.2, -0.15) is 0 Å². The molecule has 2 fully saturated rings. The number of hydrogen-bond donors (Lipinski definition) is 1. The third kappa shape index (κ3) is 2.39. The Balaban J connectivity index is 1.57. The average molecular weight is 364 g/mol. The molecule has 0 amide bonds. The Bertz CT molecular complexity index is 960. The van der Waals surface area contributed by atoms with E-state index < -0.39 is 0 Å². The van der Waals surface area contributed by atoms with Crippen molar-refractivity contribution in [2.24, 2.45) is 11.8 Å². The normalized spacial score (nSPS) is 28.9. The van der Waals surface area contributed by atoms with Crippen LogP contribution in [-0.2, 0) is 16.0 Å². The Hall–Kier alpha value is -2.46. The largest absolute Gasteiger partial charge is 0.511 e. The smallest absolute Gasteiger partial charge is 0.173 e. The van der Waals surface area contributed by atoms with Crippen molar-refractivity contribution in [3.63, 3.8) is 0 Å². The van der Waals surface area contributed by atoms with Gasteiger partial charge in [-0.25, -0.2) is 4.39 Å². The SMILES string of the molecule is CCc1cc(-c2ccc(F)cc2)ccc1C1=C(O)[C@@H]2C3CCC(O3)[C@@H]2C1=O.